The third kappa shape index (κ3) is 4.24. The van der Waals surface area contributed by atoms with Gasteiger partial charge in [-0.3, -0.25) is 14.2 Å². The zero-order valence-corrected chi connectivity index (χ0v) is 17.4. The van der Waals surface area contributed by atoms with Crippen LogP contribution in [0.2, 0.25) is 0 Å². The van der Waals surface area contributed by atoms with Gasteiger partial charge in [0.15, 0.2) is 11.0 Å². The van der Waals surface area contributed by atoms with E-state index in [2.05, 4.69) is 22.4 Å². The number of hydrogen-bond acceptors (Lipinski definition) is 7. The van der Waals surface area contributed by atoms with Gasteiger partial charge in [0.2, 0.25) is 5.91 Å². The van der Waals surface area contributed by atoms with Gasteiger partial charge in [-0.2, -0.15) is 0 Å². The van der Waals surface area contributed by atoms with Gasteiger partial charge < -0.3 is 9.84 Å². The van der Waals surface area contributed by atoms with Crippen LogP contribution < -0.4 is 10.9 Å². The number of aromatic nitrogens is 3. The second-order valence-corrected chi connectivity index (χ2v) is 8.47. The third-order valence-electron chi connectivity index (χ3n) is 4.22. The predicted octanol–water partition coefficient (Wildman–Crippen LogP) is 3.90. The summed E-state index contributed by atoms with van der Waals surface area (Å²) < 4.78 is 6.64. The number of thioether (sulfide) groups is 1. The van der Waals surface area contributed by atoms with E-state index in [-0.39, 0.29) is 17.2 Å². The van der Waals surface area contributed by atoms with Crippen LogP contribution >= 0.6 is 23.1 Å². The van der Waals surface area contributed by atoms with Crippen molar-refractivity contribution in [3.05, 3.63) is 32.6 Å². The number of nitrogens with one attached hydrogen (secondary N) is 1. The molecule has 0 saturated heterocycles. The highest BCUT2D eigenvalue weighted by atomic mass is 32.2. The summed E-state index contributed by atoms with van der Waals surface area (Å²) in [7, 11) is 0. The van der Waals surface area contributed by atoms with Crippen LogP contribution in [0.5, 0.6) is 0 Å². The van der Waals surface area contributed by atoms with Gasteiger partial charge in [-0.05, 0) is 32.8 Å². The summed E-state index contributed by atoms with van der Waals surface area (Å²) in [5.74, 6) is 0.929. The summed E-state index contributed by atoms with van der Waals surface area (Å²) in [5, 5.41) is 7.71. The average molecular weight is 407 g/mol. The third-order valence-corrected chi connectivity index (χ3v) is 6.29. The van der Waals surface area contributed by atoms with Crippen LogP contribution in [0, 0.1) is 20.8 Å². The highest BCUT2D eigenvalue weighted by molar-refractivity contribution is 7.99. The van der Waals surface area contributed by atoms with Crippen LogP contribution in [0.3, 0.4) is 0 Å². The van der Waals surface area contributed by atoms with Crippen molar-refractivity contribution in [1.29, 1.82) is 0 Å². The Balaban J connectivity index is 1.85. The molecule has 3 aromatic rings. The second kappa shape index (κ2) is 8.26. The summed E-state index contributed by atoms with van der Waals surface area (Å²) >= 11 is 2.78. The zero-order valence-electron chi connectivity index (χ0n) is 15.8. The Bertz CT molecular complexity index is 1040. The van der Waals surface area contributed by atoms with E-state index in [0.29, 0.717) is 28.7 Å². The lowest BCUT2D eigenvalue weighted by Crippen LogP contribution is -2.24. The largest absolute Gasteiger partial charge is 0.360 e. The van der Waals surface area contributed by atoms with Crippen molar-refractivity contribution in [3.63, 3.8) is 0 Å². The molecule has 27 heavy (non-hydrogen) atoms. The first-order valence-corrected chi connectivity index (χ1v) is 10.6. The fraction of sp³-hybridized carbons (Fsp3) is 0.444. The lowest BCUT2D eigenvalue weighted by molar-refractivity contribution is -0.113. The molecule has 3 rings (SSSR count). The molecule has 1 N–H and O–H groups in total. The van der Waals surface area contributed by atoms with Crippen LogP contribution in [-0.4, -0.2) is 26.4 Å². The first kappa shape index (κ1) is 19.6. The van der Waals surface area contributed by atoms with Gasteiger partial charge in [0.05, 0.1) is 11.1 Å². The number of aryl methyl sites for hydroxylation is 3. The average Bonchev–Trinajstić information content (AvgIpc) is 3.15. The second-order valence-electron chi connectivity index (χ2n) is 6.33. The summed E-state index contributed by atoms with van der Waals surface area (Å²) in [4.78, 5) is 31.7. The molecule has 0 aliphatic carbocycles. The lowest BCUT2D eigenvalue weighted by atomic mass is 10.2. The van der Waals surface area contributed by atoms with Crippen molar-refractivity contribution in [2.45, 2.75) is 52.2 Å². The maximum absolute atomic E-state index is 13.0. The molecule has 0 aliphatic heterocycles. The fourth-order valence-electron chi connectivity index (χ4n) is 2.67. The molecular weight excluding hydrogens is 384 g/mol. The minimum Gasteiger partial charge on any atom is -0.360 e. The molecule has 0 aromatic carbocycles. The van der Waals surface area contributed by atoms with E-state index in [0.717, 1.165) is 28.1 Å². The maximum Gasteiger partial charge on any atom is 0.263 e. The van der Waals surface area contributed by atoms with E-state index in [1.165, 1.54) is 23.1 Å². The van der Waals surface area contributed by atoms with Crippen LogP contribution in [0.25, 0.3) is 10.2 Å². The minimum absolute atomic E-state index is 0.0228. The van der Waals surface area contributed by atoms with Crippen molar-refractivity contribution in [3.8, 4) is 0 Å². The van der Waals surface area contributed by atoms with Gasteiger partial charge in [0.1, 0.15) is 10.6 Å². The summed E-state index contributed by atoms with van der Waals surface area (Å²) in [5.41, 5.74) is 0.971. The van der Waals surface area contributed by atoms with E-state index in [4.69, 9.17) is 4.52 Å². The molecule has 9 heteroatoms. The standard InChI is InChI=1S/C18H22N4O3S2/c1-5-6-7-22-17(24)15-11(3)12(4)27-16(15)20-18(22)26-9-14(23)19-13-8-10(2)25-21-13/h8H,5-7,9H2,1-4H3,(H,19,21,23). The first-order chi connectivity index (χ1) is 12.9. The molecular formula is C18H22N4O3S2. The van der Waals surface area contributed by atoms with Gasteiger partial charge in [-0.15, -0.1) is 11.3 Å². The van der Waals surface area contributed by atoms with Crippen molar-refractivity contribution in [2.24, 2.45) is 0 Å². The smallest absolute Gasteiger partial charge is 0.263 e. The van der Waals surface area contributed by atoms with Crippen LogP contribution in [0.4, 0.5) is 5.82 Å². The van der Waals surface area contributed by atoms with Crippen LogP contribution in [0.15, 0.2) is 20.5 Å². The van der Waals surface area contributed by atoms with Crippen LogP contribution in [-0.2, 0) is 11.3 Å². The number of nitrogens with zero attached hydrogens (tertiary/aromatic N) is 3. The van der Waals surface area contributed by atoms with E-state index < -0.39 is 0 Å². The molecule has 0 unspecified atom stereocenters. The summed E-state index contributed by atoms with van der Waals surface area (Å²) in [6.45, 7) is 8.39. The Hall–Kier alpha value is -2.13. The molecule has 1 amide bonds. The van der Waals surface area contributed by atoms with Gasteiger partial charge in [-0.25, -0.2) is 4.98 Å². The number of thiophene rings is 1. The van der Waals surface area contributed by atoms with Gasteiger partial charge in [-0.1, -0.05) is 30.3 Å². The number of anilines is 1. The number of carbonyl (C=O) groups is 1. The molecule has 3 aromatic heterocycles. The Morgan fingerprint density at radius 3 is 2.81 bits per heavy atom. The number of rotatable bonds is 7. The number of unbranched alkanes of at least 4 members (excludes halogenated alkanes) is 1. The zero-order chi connectivity index (χ0) is 19.6. The number of carbonyl (C=O) groups excluding carboxylic acids is 1. The van der Waals surface area contributed by atoms with Crippen molar-refractivity contribution in [2.75, 3.05) is 11.1 Å². The van der Waals surface area contributed by atoms with E-state index in [1.807, 2.05) is 13.8 Å². The molecule has 0 saturated carbocycles. The Kier molecular flexibility index (Phi) is 6.01. The Morgan fingerprint density at radius 1 is 1.37 bits per heavy atom. The predicted molar refractivity (Wildman–Crippen MR) is 109 cm³/mol. The normalized spacial score (nSPS) is 11.3. The van der Waals surface area contributed by atoms with E-state index in [9.17, 15) is 9.59 Å². The molecule has 144 valence electrons. The Labute approximate surface area is 165 Å². The number of fused-ring (bicyclic) bond motifs is 1. The van der Waals surface area contributed by atoms with Crippen molar-refractivity contribution in [1.82, 2.24) is 14.7 Å². The molecule has 7 nitrogen and oxygen atoms in total. The quantitative estimate of drug-likeness (QED) is 0.473. The number of hydrogen-bond donors (Lipinski definition) is 1. The minimum atomic E-state index is -0.219. The highest BCUT2D eigenvalue weighted by Crippen LogP contribution is 2.28. The lowest BCUT2D eigenvalue weighted by Gasteiger charge is -2.11. The molecule has 0 aliphatic rings. The van der Waals surface area contributed by atoms with Gasteiger partial charge in [0.25, 0.3) is 5.56 Å². The summed E-state index contributed by atoms with van der Waals surface area (Å²) in [6.07, 6.45) is 1.86. The van der Waals surface area contributed by atoms with Gasteiger partial charge >= 0.3 is 0 Å². The SMILES string of the molecule is CCCCn1c(SCC(=O)Nc2cc(C)on2)nc2sc(C)c(C)c2c1=O. The molecule has 0 bridgehead atoms. The van der Waals surface area contributed by atoms with Gasteiger partial charge in [0, 0.05) is 17.5 Å². The summed E-state index contributed by atoms with van der Waals surface area (Å²) in [6, 6.07) is 1.65. The molecule has 0 fully saturated rings. The monoisotopic (exact) mass is 406 g/mol. The fourth-order valence-corrected chi connectivity index (χ4v) is 4.56. The maximum atomic E-state index is 13.0. The highest BCUT2D eigenvalue weighted by Gasteiger charge is 2.17. The first-order valence-electron chi connectivity index (χ1n) is 8.77. The van der Waals surface area contributed by atoms with E-state index in [1.54, 1.807) is 17.6 Å². The Morgan fingerprint density at radius 2 is 2.15 bits per heavy atom. The van der Waals surface area contributed by atoms with E-state index >= 15 is 0 Å². The molecule has 0 spiro atoms. The van der Waals surface area contributed by atoms with Crippen molar-refractivity contribution >= 4 is 45.0 Å². The van der Waals surface area contributed by atoms with Crippen LogP contribution in [0.1, 0.15) is 36.0 Å². The topological polar surface area (TPSA) is 90.0 Å². The molecule has 0 atom stereocenters. The van der Waals surface area contributed by atoms with Crippen molar-refractivity contribution < 1.29 is 9.32 Å². The molecule has 0 radical (unpaired) electrons. The molecule has 3 heterocycles. The number of amides is 1.